The third-order valence-corrected chi connectivity index (χ3v) is 3.89. The summed E-state index contributed by atoms with van der Waals surface area (Å²) < 4.78 is 5.01. The standard InChI is InChI=1S/C19H19NO2.ClH/c1-2-22-19(21)12-18(20)17-11-13-7-3-4-8-14(13)15-9-5-6-10-16(15)17;/h3-11,18H,2,12,20H2,1H3;1H/t18-;/m1./s1. The van der Waals surface area contributed by atoms with Crippen LogP contribution in [0.15, 0.2) is 54.6 Å². The number of carbonyl (C=O) groups excluding carboxylic acids is 1. The first-order chi connectivity index (χ1) is 10.7. The number of carbonyl (C=O) groups is 1. The lowest BCUT2D eigenvalue weighted by Gasteiger charge is -2.16. The van der Waals surface area contributed by atoms with Gasteiger partial charge in [0.25, 0.3) is 0 Å². The van der Waals surface area contributed by atoms with Crippen LogP contribution in [-0.4, -0.2) is 12.6 Å². The van der Waals surface area contributed by atoms with E-state index in [1.165, 1.54) is 5.39 Å². The maximum Gasteiger partial charge on any atom is 0.307 e. The molecule has 0 fully saturated rings. The Hall–Kier alpha value is -2.10. The van der Waals surface area contributed by atoms with Gasteiger partial charge in [-0.2, -0.15) is 0 Å². The van der Waals surface area contributed by atoms with Crippen LogP contribution in [0.4, 0.5) is 0 Å². The smallest absolute Gasteiger partial charge is 0.307 e. The van der Waals surface area contributed by atoms with Gasteiger partial charge in [-0.05, 0) is 40.1 Å². The van der Waals surface area contributed by atoms with Crippen molar-refractivity contribution in [2.45, 2.75) is 19.4 Å². The highest BCUT2D eigenvalue weighted by Gasteiger charge is 2.16. The van der Waals surface area contributed by atoms with E-state index in [0.29, 0.717) is 6.61 Å². The van der Waals surface area contributed by atoms with Crippen LogP contribution < -0.4 is 5.73 Å². The Morgan fingerprint density at radius 1 is 1.04 bits per heavy atom. The number of hydrogen-bond acceptors (Lipinski definition) is 3. The summed E-state index contributed by atoms with van der Waals surface area (Å²) in [5.41, 5.74) is 7.27. The Bertz CT molecular complexity index is 832. The second kappa shape index (κ2) is 7.44. The third kappa shape index (κ3) is 3.46. The number of nitrogens with two attached hydrogens (primary N) is 1. The molecule has 120 valence electrons. The van der Waals surface area contributed by atoms with Crippen molar-refractivity contribution in [2.24, 2.45) is 5.73 Å². The molecule has 0 aliphatic carbocycles. The van der Waals surface area contributed by atoms with Crippen LogP contribution in [0.25, 0.3) is 21.5 Å². The zero-order valence-electron chi connectivity index (χ0n) is 13.0. The van der Waals surface area contributed by atoms with Crippen LogP contribution in [0.5, 0.6) is 0 Å². The van der Waals surface area contributed by atoms with E-state index in [2.05, 4.69) is 30.3 Å². The summed E-state index contributed by atoms with van der Waals surface area (Å²) in [6, 6.07) is 18.1. The van der Waals surface area contributed by atoms with Crippen LogP contribution >= 0.6 is 12.4 Å². The molecule has 0 unspecified atom stereocenters. The van der Waals surface area contributed by atoms with Gasteiger partial charge in [-0.1, -0.05) is 48.5 Å². The van der Waals surface area contributed by atoms with E-state index in [1.807, 2.05) is 24.3 Å². The van der Waals surface area contributed by atoms with Crippen molar-refractivity contribution in [1.29, 1.82) is 0 Å². The molecule has 0 aliphatic heterocycles. The second-order valence-electron chi connectivity index (χ2n) is 5.35. The molecule has 4 heteroatoms. The zero-order chi connectivity index (χ0) is 15.5. The molecular formula is C19H20ClNO2. The lowest BCUT2D eigenvalue weighted by Crippen LogP contribution is -2.17. The molecular weight excluding hydrogens is 310 g/mol. The zero-order valence-corrected chi connectivity index (χ0v) is 13.8. The lowest BCUT2D eigenvalue weighted by atomic mass is 9.92. The molecule has 0 saturated heterocycles. The van der Waals surface area contributed by atoms with Gasteiger partial charge in [0.2, 0.25) is 0 Å². The van der Waals surface area contributed by atoms with E-state index in [0.717, 1.165) is 21.7 Å². The van der Waals surface area contributed by atoms with Crippen LogP contribution in [0.2, 0.25) is 0 Å². The number of fused-ring (bicyclic) bond motifs is 3. The SMILES string of the molecule is CCOC(=O)C[C@@H](N)c1cc2ccccc2c2ccccc12.Cl. The average Bonchev–Trinajstić information content (AvgIpc) is 2.54. The monoisotopic (exact) mass is 329 g/mol. The van der Waals surface area contributed by atoms with Crippen molar-refractivity contribution < 1.29 is 9.53 Å². The van der Waals surface area contributed by atoms with E-state index in [1.54, 1.807) is 6.92 Å². The molecule has 0 radical (unpaired) electrons. The molecule has 3 nitrogen and oxygen atoms in total. The first-order valence-corrected chi connectivity index (χ1v) is 7.52. The normalized spacial score (nSPS) is 11.9. The van der Waals surface area contributed by atoms with E-state index < -0.39 is 0 Å². The van der Waals surface area contributed by atoms with E-state index in [4.69, 9.17) is 10.5 Å². The molecule has 3 aromatic rings. The maximum absolute atomic E-state index is 11.7. The average molecular weight is 330 g/mol. The van der Waals surface area contributed by atoms with E-state index in [-0.39, 0.29) is 30.8 Å². The molecule has 0 amide bonds. The second-order valence-corrected chi connectivity index (χ2v) is 5.35. The van der Waals surface area contributed by atoms with Gasteiger partial charge in [0.1, 0.15) is 0 Å². The predicted molar refractivity (Wildman–Crippen MR) is 96.9 cm³/mol. The summed E-state index contributed by atoms with van der Waals surface area (Å²) >= 11 is 0. The fraction of sp³-hybridized carbons (Fsp3) is 0.211. The van der Waals surface area contributed by atoms with Gasteiger partial charge in [-0.25, -0.2) is 0 Å². The summed E-state index contributed by atoms with van der Waals surface area (Å²) in [7, 11) is 0. The van der Waals surface area contributed by atoms with Crippen molar-refractivity contribution in [2.75, 3.05) is 6.61 Å². The van der Waals surface area contributed by atoms with Gasteiger partial charge < -0.3 is 10.5 Å². The van der Waals surface area contributed by atoms with Crippen LogP contribution in [0.3, 0.4) is 0 Å². The molecule has 0 bridgehead atoms. The number of esters is 1. The molecule has 0 heterocycles. The topological polar surface area (TPSA) is 52.3 Å². The molecule has 1 atom stereocenters. The van der Waals surface area contributed by atoms with Crippen molar-refractivity contribution in [3.05, 3.63) is 60.2 Å². The Labute approximate surface area is 141 Å². The minimum absolute atomic E-state index is 0. The Kier molecular flexibility index (Phi) is 5.59. The number of ether oxygens (including phenoxy) is 1. The molecule has 0 spiro atoms. The highest BCUT2D eigenvalue weighted by Crippen LogP contribution is 2.32. The molecule has 0 aromatic heterocycles. The van der Waals surface area contributed by atoms with Crippen LogP contribution in [0.1, 0.15) is 24.9 Å². The highest BCUT2D eigenvalue weighted by atomic mass is 35.5. The van der Waals surface area contributed by atoms with Crippen molar-refractivity contribution in [1.82, 2.24) is 0 Å². The summed E-state index contributed by atoms with van der Waals surface area (Å²) in [5.74, 6) is -0.257. The number of halogens is 1. The molecule has 23 heavy (non-hydrogen) atoms. The quantitative estimate of drug-likeness (QED) is 0.571. The Morgan fingerprint density at radius 2 is 1.65 bits per heavy atom. The fourth-order valence-electron chi connectivity index (χ4n) is 2.90. The van der Waals surface area contributed by atoms with Gasteiger partial charge in [-0.3, -0.25) is 4.79 Å². The molecule has 0 saturated carbocycles. The lowest BCUT2D eigenvalue weighted by molar-refractivity contribution is -0.143. The van der Waals surface area contributed by atoms with Crippen molar-refractivity contribution >= 4 is 39.9 Å². The largest absolute Gasteiger partial charge is 0.466 e. The summed E-state index contributed by atoms with van der Waals surface area (Å²) in [6.45, 7) is 2.18. The van der Waals surface area contributed by atoms with Gasteiger partial charge in [0, 0.05) is 6.04 Å². The number of rotatable bonds is 4. The van der Waals surface area contributed by atoms with E-state index in [9.17, 15) is 4.79 Å². The fourth-order valence-corrected chi connectivity index (χ4v) is 2.90. The summed E-state index contributed by atoms with van der Waals surface area (Å²) in [5, 5.41) is 4.59. The first-order valence-electron chi connectivity index (χ1n) is 7.52. The minimum Gasteiger partial charge on any atom is -0.466 e. The van der Waals surface area contributed by atoms with Gasteiger partial charge in [-0.15, -0.1) is 12.4 Å². The first kappa shape index (κ1) is 17.3. The molecule has 2 N–H and O–H groups in total. The van der Waals surface area contributed by atoms with Gasteiger partial charge >= 0.3 is 5.97 Å². The summed E-state index contributed by atoms with van der Waals surface area (Å²) in [6.07, 6.45) is 0.191. The number of benzene rings is 3. The Balaban J connectivity index is 0.00000192. The molecule has 0 aliphatic rings. The van der Waals surface area contributed by atoms with Crippen LogP contribution in [0, 0.1) is 0 Å². The van der Waals surface area contributed by atoms with Crippen LogP contribution in [-0.2, 0) is 9.53 Å². The van der Waals surface area contributed by atoms with E-state index >= 15 is 0 Å². The van der Waals surface area contributed by atoms with Gasteiger partial charge in [0.05, 0.1) is 13.0 Å². The molecule has 3 aromatic carbocycles. The third-order valence-electron chi connectivity index (χ3n) is 3.89. The predicted octanol–water partition coefficient (Wildman–Crippen LogP) is 4.37. The summed E-state index contributed by atoms with van der Waals surface area (Å²) in [4.78, 5) is 11.7. The number of hydrogen-bond donors (Lipinski definition) is 1. The van der Waals surface area contributed by atoms with Gasteiger partial charge in [0.15, 0.2) is 0 Å². The molecule has 3 rings (SSSR count). The maximum atomic E-state index is 11.7. The Morgan fingerprint density at radius 3 is 2.35 bits per heavy atom. The minimum atomic E-state index is -0.367. The highest BCUT2D eigenvalue weighted by molar-refractivity contribution is 6.09. The van der Waals surface area contributed by atoms with Crippen molar-refractivity contribution in [3.8, 4) is 0 Å². The van der Waals surface area contributed by atoms with Crippen molar-refractivity contribution in [3.63, 3.8) is 0 Å².